The maximum absolute atomic E-state index is 12.2. The van der Waals surface area contributed by atoms with E-state index in [2.05, 4.69) is 39.3 Å². The van der Waals surface area contributed by atoms with Gasteiger partial charge in [0.2, 0.25) is 10.0 Å². The lowest BCUT2D eigenvalue weighted by atomic mass is 10.1. The normalized spacial score (nSPS) is 13.6. The van der Waals surface area contributed by atoms with Gasteiger partial charge in [0.1, 0.15) is 4.21 Å². The third-order valence-electron chi connectivity index (χ3n) is 4.47. The number of thiophene rings is 1. The maximum Gasteiger partial charge on any atom is 0.250 e. The average Bonchev–Trinajstić information content (AvgIpc) is 3.17. The minimum Gasteiger partial charge on any atom is -0.355 e. The Labute approximate surface area is 171 Å². The van der Waals surface area contributed by atoms with Crippen molar-refractivity contribution in [2.75, 3.05) is 20.1 Å². The van der Waals surface area contributed by atoms with E-state index in [9.17, 15) is 8.42 Å². The number of rotatable bonds is 8. The average molecular weight is 427 g/mol. The summed E-state index contributed by atoms with van der Waals surface area (Å²) in [6, 6.07) is 3.58. The second-order valence-corrected chi connectivity index (χ2v) is 10.1. The minimum absolute atomic E-state index is 0.151. The Morgan fingerprint density at radius 1 is 1.29 bits per heavy atom. The van der Waals surface area contributed by atoms with Gasteiger partial charge in [-0.1, -0.05) is 0 Å². The molecule has 2 heterocycles. The molecule has 0 spiro atoms. The van der Waals surface area contributed by atoms with Crippen LogP contribution in [0.2, 0.25) is 0 Å². The number of aromatic nitrogens is 2. The number of aliphatic imine (C=N–C) groups is 1. The van der Waals surface area contributed by atoms with Gasteiger partial charge in [0.05, 0.1) is 5.69 Å². The molecule has 156 valence electrons. The third kappa shape index (κ3) is 5.79. The summed E-state index contributed by atoms with van der Waals surface area (Å²) in [6.45, 7) is 8.76. The summed E-state index contributed by atoms with van der Waals surface area (Å²) in [6.07, 6.45) is 0.830. The van der Waals surface area contributed by atoms with Crippen LogP contribution in [-0.2, 0) is 23.5 Å². The van der Waals surface area contributed by atoms with E-state index in [0.717, 1.165) is 22.7 Å². The molecule has 2 aromatic rings. The van der Waals surface area contributed by atoms with Gasteiger partial charge < -0.3 is 10.6 Å². The van der Waals surface area contributed by atoms with Crippen LogP contribution < -0.4 is 15.4 Å². The van der Waals surface area contributed by atoms with Crippen LogP contribution in [0.4, 0.5) is 0 Å². The predicted octanol–water partition coefficient (Wildman–Crippen LogP) is 1.48. The molecule has 0 aromatic carbocycles. The number of aryl methyl sites for hydroxylation is 3. The Balaban J connectivity index is 1.81. The first-order valence-electron chi connectivity index (χ1n) is 9.16. The van der Waals surface area contributed by atoms with Crippen molar-refractivity contribution < 1.29 is 8.42 Å². The lowest BCUT2D eigenvalue weighted by Gasteiger charge is -2.18. The van der Waals surface area contributed by atoms with Gasteiger partial charge in [-0.05, 0) is 51.8 Å². The smallest absolute Gasteiger partial charge is 0.250 e. The fourth-order valence-electron chi connectivity index (χ4n) is 2.89. The summed E-state index contributed by atoms with van der Waals surface area (Å²) in [5, 5.41) is 10.9. The first-order chi connectivity index (χ1) is 13.1. The Hall–Kier alpha value is -1.91. The molecule has 28 heavy (non-hydrogen) atoms. The van der Waals surface area contributed by atoms with Crippen molar-refractivity contribution >= 4 is 27.3 Å². The molecule has 2 aromatic heterocycles. The van der Waals surface area contributed by atoms with Gasteiger partial charge in [0.15, 0.2) is 5.96 Å². The number of nitrogens with one attached hydrogen (secondary N) is 3. The van der Waals surface area contributed by atoms with Crippen LogP contribution in [0.3, 0.4) is 0 Å². The minimum atomic E-state index is -3.46. The number of nitrogens with zero attached hydrogens (tertiary/aromatic N) is 3. The Morgan fingerprint density at radius 3 is 2.54 bits per heavy atom. The van der Waals surface area contributed by atoms with E-state index >= 15 is 0 Å². The zero-order valence-corrected chi connectivity index (χ0v) is 19.0. The van der Waals surface area contributed by atoms with Crippen LogP contribution in [0.15, 0.2) is 21.3 Å². The van der Waals surface area contributed by atoms with Crippen molar-refractivity contribution in [2.45, 2.75) is 44.4 Å². The summed E-state index contributed by atoms with van der Waals surface area (Å²) in [5.74, 6) is 0.637. The van der Waals surface area contributed by atoms with E-state index in [-0.39, 0.29) is 12.6 Å². The second kappa shape index (κ2) is 9.53. The van der Waals surface area contributed by atoms with Crippen molar-refractivity contribution in [3.8, 4) is 0 Å². The molecule has 0 aliphatic rings. The van der Waals surface area contributed by atoms with E-state index in [4.69, 9.17) is 0 Å². The fraction of sp³-hybridized carbons (Fsp3) is 0.556. The number of guanidine groups is 1. The predicted molar refractivity (Wildman–Crippen MR) is 115 cm³/mol. The van der Waals surface area contributed by atoms with Crippen LogP contribution >= 0.6 is 11.3 Å². The highest BCUT2D eigenvalue weighted by molar-refractivity contribution is 7.91. The quantitative estimate of drug-likeness (QED) is 0.337. The van der Waals surface area contributed by atoms with Crippen LogP contribution in [0.5, 0.6) is 0 Å². The number of hydrogen-bond acceptors (Lipinski definition) is 5. The molecule has 0 amide bonds. The van der Waals surface area contributed by atoms with E-state index in [1.165, 1.54) is 16.9 Å². The van der Waals surface area contributed by atoms with Crippen molar-refractivity contribution in [3.63, 3.8) is 0 Å². The first kappa shape index (κ1) is 22.4. The van der Waals surface area contributed by atoms with Gasteiger partial charge in [0, 0.05) is 43.8 Å². The lowest BCUT2D eigenvalue weighted by molar-refractivity contribution is 0.581. The monoisotopic (exact) mass is 426 g/mol. The summed E-state index contributed by atoms with van der Waals surface area (Å²) < 4.78 is 29.3. The van der Waals surface area contributed by atoms with Gasteiger partial charge in [-0.2, -0.15) is 5.10 Å². The molecule has 0 fully saturated rings. The highest BCUT2D eigenvalue weighted by Crippen LogP contribution is 2.20. The Kier molecular flexibility index (Phi) is 7.62. The number of hydrogen-bond donors (Lipinski definition) is 3. The van der Waals surface area contributed by atoms with Crippen LogP contribution in [0.25, 0.3) is 0 Å². The van der Waals surface area contributed by atoms with Crippen molar-refractivity contribution in [1.82, 2.24) is 25.1 Å². The first-order valence-corrected chi connectivity index (χ1v) is 11.5. The standard InChI is InChI=1S/C18H30N6O2S2/c1-12(11-16-14(3)23-24(6)15(16)4)22-18(19-5)20-9-10-21-28(25,26)17-8-7-13(2)27-17/h7-8,12,21H,9-11H2,1-6H3,(H2,19,20,22). The van der Waals surface area contributed by atoms with Crippen molar-refractivity contribution in [1.29, 1.82) is 0 Å². The molecular formula is C18H30N6O2S2. The van der Waals surface area contributed by atoms with E-state index in [1.54, 1.807) is 19.2 Å². The molecular weight excluding hydrogens is 396 g/mol. The molecule has 10 heteroatoms. The molecule has 1 unspecified atom stereocenters. The van der Waals surface area contributed by atoms with Gasteiger partial charge >= 0.3 is 0 Å². The lowest BCUT2D eigenvalue weighted by Crippen LogP contribution is -2.45. The molecule has 1 atom stereocenters. The van der Waals surface area contributed by atoms with Crippen LogP contribution in [0, 0.1) is 20.8 Å². The molecule has 0 saturated carbocycles. The summed E-state index contributed by atoms with van der Waals surface area (Å²) in [7, 11) is 0.187. The van der Waals surface area contributed by atoms with Gasteiger partial charge in [0.25, 0.3) is 0 Å². The Bertz CT molecular complexity index is 930. The summed E-state index contributed by atoms with van der Waals surface area (Å²) in [5.41, 5.74) is 3.43. The van der Waals surface area contributed by atoms with Gasteiger partial charge in [-0.15, -0.1) is 11.3 Å². The van der Waals surface area contributed by atoms with E-state index in [0.29, 0.717) is 16.7 Å². The van der Waals surface area contributed by atoms with Crippen LogP contribution in [0.1, 0.15) is 28.8 Å². The molecule has 0 bridgehead atoms. The van der Waals surface area contributed by atoms with Crippen molar-refractivity contribution in [3.05, 3.63) is 34.0 Å². The molecule has 0 aliphatic heterocycles. The number of sulfonamides is 1. The largest absolute Gasteiger partial charge is 0.355 e. The Morgan fingerprint density at radius 2 is 2.00 bits per heavy atom. The highest BCUT2D eigenvalue weighted by atomic mass is 32.2. The van der Waals surface area contributed by atoms with E-state index in [1.807, 2.05) is 25.6 Å². The topological polar surface area (TPSA) is 100 Å². The van der Waals surface area contributed by atoms with Gasteiger partial charge in [-0.25, -0.2) is 13.1 Å². The SMILES string of the molecule is CN=C(NCCNS(=O)(=O)c1ccc(C)s1)NC(C)Cc1c(C)nn(C)c1C. The fourth-order valence-corrected chi connectivity index (χ4v) is 5.25. The molecule has 3 N–H and O–H groups in total. The molecule has 0 radical (unpaired) electrons. The second-order valence-electron chi connectivity index (χ2n) is 6.78. The van der Waals surface area contributed by atoms with Gasteiger partial charge in [-0.3, -0.25) is 9.67 Å². The zero-order valence-electron chi connectivity index (χ0n) is 17.3. The maximum atomic E-state index is 12.2. The van der Waals surface area contributed by atoms with Crippen molar-refractivity contribution in [2.24, 2.45) is 12.0 Å². The molecule has 2 rings (SSSR count). The zero-order chi connectivity index (χ0) is 20.9. The third-order valence-corrected chi connectivity index (χ3v) is 7.42. The summed E-state index contributed by atoms with van der Waals surface area (Å²) >= 11 is 1.26. The molecule has 0 saturated heterocycles. The molecule has 8 nitrogen and oxygen atoms in total. The molecule has 0 aliphatic carbocycles. The summed E-state index contributed by atoms with van der Waals surface area (Å²) in [4.78, 5) is 5.18. The highest BCUT2D eigenvalue weighted by Gasteiger charge is 2.16. The van der Waals surface area contributed by atoms with Crippen LogP contribution in [-0.4, -0.2) is 50.3 Å². The van der Waals surface area contributed by atoms with E-state index < -0.39 is 10.0 Å².